The third kappa shape index (κ3) is 5.48. The smallest absolute Gasteiger partial charge is 0.195 e. The molecular weight excluding hydrogens is 530 g/mol. The molecule has 7 nitrogen and oxygen atoms in total. The van der Waals surface area contributed by atoms with Gasteiger partial charge in [0.15, 0.2) is 17.1 Å². The van der Waals surface area contributed by atoms with Crippen LogP contribution in [0, 0.1) is 53.7 Å². The number of nitriles is 3. The third-order valence-electron chi connectivity index (χ3n) is 6.81. The molecule has 0 spiro atoms. The van der Waals surface area contributed by atoms with Crippen LogP contribution in [0.4, 0.5) is 34.1 Å². The van der Waals surface area contributed by atoms with Gasteiger partial charge in [0.2, 0.25) is 0 Å². The maximum Gasteiger partial charge on any atom is 0.195 e. The first-order valence-corrected chi connectivity index (χ1v) is 12.8. The van der Waals surface area contributed by atoms with Gasteiger partial charge in [0.25, 0.3) is 0 Å². The van der Waals surface area contributed by atoms with Crippen LogP contribution in [0.2, 0.25) is 0 Å². The standard InChI is InChI=1S/C36H17N7/c1-40-31-16-24(21-37)17-34(20-31)43(32-11-6-25(7-12-32)27-4-5-29(22-38)30(18-27)23-39)33-13-8-26(9-14-33)28-10-15-35(41-2)36(19-28)42-3/h4-20H. The molecule has 196 valence electrons. The summed E-state index contributed by atoms with van der Waals surface area (Å²) >= 11 is 0. The molecule has 0 bridgehead atoms. The predicted molar refractivity (Wildman–Crippen MR) is 165 cm³/mol. The normalized spacial score (nSPS) is 9.72. The van der Waals surface area contributed by atoms with Crippen LogP contribution in [0.1, 0.15) is 16.7 Å². The highest BCUT2D eigenvalue weighted by Crippen LogP contribution is 2.39. The lowest BCUT2D eigenvalue weighted by Crippen LogP contribution is -2.10. The van der Waals surface area contributed by atoms with Crippen molar-refractivity contribution in [3.8, 4) is 40.5 Å². The van der Waals surface area contributed by atoms with Crippen molar-refractivity contribution in [3.63, 3.8) is 0 Å². The molecule has 0 unspecified atom stereocenters. The topological polar surface area (TPSA) is 87.7 Å². The Bertz CT molecular complexity index is 1990. The summed E-state index contributed by atoms with van der Waals surface area (Å²) in [6.07, 6.45) is 0. The van der Waals surface area contributed by atoms with E-state index >= 15 is 0 Å². The number of benzene rings is 5. The monoisotopic (exact) mass is 547 g/mol. The summed E-state index contributed by atoms with van der Waals surface area (Å²) in [4.78, 5) is 12.4. The molecule has 0 amide bonds. The Morgan fingerprint density at radius 1 is 0.465 bits per heavy atom. The highest BCUT2D eigenvalue weighted by Gasteiger charge is 2.16. The molecule has 5 aromatic carbocycles. The molecule has 0 fully saturated rings. The van der Waals surface area contributed by atoms with Crippen molar-refractivity contribution in [2.24, 2.45) is 0 Å². The van der Waals surface area contributed by atoms with Crippen molar-refractivity contribution in [1.29, 1.82) is 15.8 Å². The number of rotatable bonds is 5. The quantitative estimate of drug-likeness (QED) is 0.205. The molecule has 7 heteroatoms. The van der Waals surface area contributed by atoms with Crippen LogP contribution in [0.15, 0.2) is 103 Å². The van der Waals surface area contributed by atoms with Crippen molar-refractivity contribution >= 4 is 34.1 Å². The predicted octanol–water partition coefficient (Wildman–Crippen LogP) is 9.76. The molecule has 0 N–H and O–H groups in total. The lowest BCUT2D eigenvalue weighted by Gasteiger charge is -2.26. The fourth-order valence-corrected chi connectivity index (χ4v) is 4.71. The van der Waals surface area contributed by atoms with Crippen LogP contribution >= 0.6 is 0 Å². The second kappa shape index (κ2) is 11.9. The lowest BCUT2D eigenvalue weighted by atomic mass is 9.99. The number of anilines is 3. The molecule has 5 aromatic rings. The van der Waals surface area contributed by atoms with Gasteiger partial charge in [-0.15, -0.1) is 0 Å². The molecule has 0 aliphatic carbocycles. The van der Waals surface area contributed by atoms with Crippen LogP contribution in [-0.4, -0.2) is 0 Å². The van der Waals surface area contributed by atoms with Crippen molar-refractivity contribution in [2.45, 2.75) is 0 Å². The van der Waals surface area contributed by atoms with Gasteiger partial charge >= 0.3 is 0 Å². The van der Waals surface area contributed by atoms with Gasteiger partial charge in [-0.2, -0.15) is 15.8 Å². The van der Waals surface area contributed by atoms with Gasteiger partial charge in [0.1, 0.15) is 12.1 Å². The van der Waals surface area contributed by atoms with E-state index < -0.39 is 0 Å². The molecule has 0 saturated carbocycles. The first kappa shape index (κ1) is 27.4. The first-order chi connectivity index (χ1) is 21.0. The lowest BCUT2D eigenvalue weighted by molar-refractivity contribution is 1.28. The van der Waals surface area contributed by atoms with E-state index in [2.05, 4.69) is 26.7 Å². The fourth-order valence-electron chi connectivity index (χ4n) is 4.71. The zero-order valence-corrected chi connectivity index (χ0v) is 22.4. The molecule has 0 radical (unpaired) electrons. The van der Waals surface area contributed by atoms with E-state index in [0.29, 0.717) is 39.4 Å². The molecule has 0 atom stereocenters. The zero-order valence-electron chi connectivity index (χ0n) is 22.4. The number of hydrogen-bond donors (Lipinski definition) is 0. The first-order valence-electron chi connectivity index (χ1n) is 12.8. The Labute approximate surface area is 249 Å². The Hall–Kier alpha value is -7.16. The number of nitrogens with zero attached hydrogens (tertiary/aromatic N) is 7. The summed E-state index contributed by atoms with van der Waals surface area (Å²) in [7, 11) is 0. The van der Waals surface area contributed by atoms with Crippen molar-refractivity contribution < 1.29 is 0 Å². The van der Waals surface area contributed by atoms with Crippen LogP contribution in [-0.2, 0) is 0 Å². The number of hydrogen-bond acceptors (Lipinski definition) is 4. The maximum absolute atomic E-state index is 9.64. The van der Waals surface area contributed by atoms with Crippen molar-refractivity contribution in [3.05, 3.63) is 154 Å². The largest absolute Gasteiger partial charge is 0.312 e. The molecule has 0 aromatic heterocycles. The van der Waals surface area contributed by atoms with E-state index in [-0.39, 0.29) is 0 Å². The molecule has 0 aliphatic heterocycles. The van der Waals surface area contributed by atoms with Crippen LogP contribution in [0.25, 0.3) is 36.8 Å². The summed E-state index contributed by atoms with van der Waals surface area (Å²) in [6.45, 7) is 22.2. The summed E-state index contributed by atoms with van der Waals surface area (Å²) in [5, 5.41) is 28.3. The Morgan fingerprint density at radius 2 is 1.02 bits per heavy atom. The minimum absolute atomic E-state index is 0.294. The Kier molecular flexibility index (Phi) is 7.60. The van der Waals surface area contributed by atoms with Gasteiger partial charge in [-0.05, 0) is 76.9 Å². The SMILES string of the molecule is [C-]#[N+]c1cc(C#N)cc(N(c2ccc(-c3ccc(C#N)c(C#N)c3)cc2)c2ccc(-c3ccc([N+]#[C-])c([N+]#[C-])c3)cc2)c1. The van der Waals surface area contributed by atoms with Gasteiger partial charge in [0, 0.05) is 22.6 Å². The van der Waals surface area contributed by atoms with E-state index in [4.69, 9.17) is 19.7 Å². The van der Waals surface area contributed by atoms with Crippen molar-refractivity contribution in [2.75, 3.05) is 4.90 Å². The second-order valence-corrected chi connectivity index (χ2v) is 9.30. The van der Waals surface area contributed by atoms with Gasteiger partial charge in [-0.25, -0.2) is 4.85 Å². The van der Waals surface area contributed by atoms with Gasteiger partial charge < -0.3 is 4.90 Å². The zero-order chi connectivity index (χ0) is 30.3. The highest BCUT2D eigenvalue weighted by atomic mass is 15.1. The van der Waals surface area contributed by atoms with Crippen molar-refractivity contribution in [1.82, 2.24) is 0 Å². The summed E-state index contributed by atoms with van der Waals surface area (Å²) in [5.74, 6) is 0. The summed E-state index contributed by atoms with van der Waals surface area (Å²) in [5.41, 5.74) is 7.41. The summed E-state index contributed by atoms with van der Waals surface area (Å²) in [6, 6.07) is 36.8. The average Bonchev–Trinajstić information content (AvgIpc) is 3.08. The fraction of sp³-hybridized carbons (Fsp3) is 0. The summed E-state index contributed by atoms with van der Waals surface area (Å²) < 4.78 is 0. The minimum Gasteiger partial charge on any atom is -0.312 e. The second-order valence-electron chi connectivity index (χ2n) is 9.30. The van der Waals surface area contributed by atoms with Gasteiger partial charge in [0.05, 0.1) is 36.9 Å². The van der Waals surface area contributed by atoms with Crippen LogP contribution in [0.5, 0.6) is 0 Å². The van der Waals surface area contributed by atoms with Gasteiger partial charge in [-0.1, -0.05) is 48.5 Å². The molecular formula is C36H17N7. The van der Waals surface area contributed by atoms with E-state index in [0.717, 1.165) is 33.6 Å². The molecule has 0 heterocycles. The van der Waals surface area contributed by atoms with E-state index in [1.54, 1.807) is 48.5 Å². The maximum atomic E-state index is 9.64. The van der Waals surface area contributed by atoms with Crippen LogP contribution in [0.3, 0.4) is 0 Å². The Morgan fingerprint density at radius 3 is 1.56 bits per heavy atom. The van der Waals surface area contributed by atoms with Gasteiger partial charge in [-0.3, -0.25) is 9.69 Å². The molecule has 5 rings (SSSR count). The molecule has 43 heavy (non-hydrogen) atoms. The third-order valence-corrected chi connectivity index (χ3v) is 6.81. The molecule has 0 aliphatic rings. The van der Waals surface area contributed by atoms with E-state index in [9.17, 15) is 15.8 Å². The van der Waals surface area contributed by atoms with E-state index in [1.165, 1.54) is 0 Å². The Balaban J connectivity index is 1.59. The van der Waals surface area contributed by atoms with Crippen LogP contribution < -0.4 is 4.90 Å². The van der Waals surface area contributed by atoms with E-state index in [1.807, 2.05) is 65.6 Å². The highest BCUT2D eigenvalue weighted by molar-refractivity contribution is 5.83. The minimum atomic E-state index is 0.294. The average molecular weight is 548 g/mol. The molecule has 0 saturated heterocycles.